The van der Waals surface area contributed by atoms with Crippen molar-refractivity contribution in [3.8, 4) is 11.5 Å². The Labute approximate surface area is 132 Å². The van der Waals surface area contributed by atoms with Crippen LogP contribution in [0.15, 0.2) is 60.7 Å². The van der Waals surface area contributed by atoms with Crippen molar-refractivity contribution in [2.24, 2.45) is 0 Å². The molecule has 0 aliphatic carbocycles. The number of rotatable bonds is 2. The van der Waals surface area contributed by atoms with Crippen molar-refractivity contribution in [3.05, 3.63) is 71.8 Å². The summed E-state index contributed by atoms with van der Waals surface area (Å²) in [6.45, 7) is 0. The second kappa shape index (κ2) is 7.61. The van der Waals surface area contributed by atoms with Crippen molar-refractivity contribution in [1.82, 2.24) is 0 Å². The van der Waals surface area contributed by atoms with E-state index in [0.717, 1.165) is 22.6 Å². The summed E-state index contributed by atoms with van der Waals surface area (Å²) in [5.74, 6) is -0.683. The van der Waals surface area contributed by atoms with Crippen LogP contribution in [-0.4, -0.2) is 22.2 Å². The molecule has 116 valence electrons. The SMILES string of the molecule is C1=Cc2ccccc2Oc2ccccc21.O=C(O)/C=C\C(=O)O. The van der Waals surface area contributed by atoms with Gasteiger partial charge in [-0.1, -0.05) is 48.6 Å². The molecule has 3 rings (SSSR count). The highest BCUT2D eigenvalue weighted by Gasteiger charge is 2.08. The minimum absolute atomic E-state index is 0.558. The molecule has 0 aromatic heterocycles. The molecule has 0 saturated carbocycles. The van der Waals surface area contributed by atoms with Crippen molar-refractivity contribution >= 4 is 24.1 Å². The number of hydrogen-bond acceptors (Lipinski definition) is 3. The second-order valence-corrected chi connectivity index (χ2v) is 4.52. The van der Waals surface area contributed by atoms with Gasteiger partial charge in [-0.15, -0.1) is 0 Å². The Morgan fingerprint density at radius 2 is 1.13 bits per heavy atom. The second-order valence-electron chi connectivity index (χ2n) is 4.52. The maximum Gasteiger partial charge on any atom is 0.328 e. The standard InChI is InChI=1S/C14H10O.C4H4O4/c1-3-7-13-11(5-1)9-10-12-6-2-4-8-14(12)15-13;5-3(6)1-2-4(7)8/h1-10H;1-2H,(H,5,6)(H,7,8)/b;2-1-. The monoisotopic (exact) mass is 310 g/mol. The molecule has 5 heteroatoms. The summed E-state index contributed by atoms with van der Waals surface area (Å²) in [5.41, 5.74) is 2.24. The Hall–Kier alpha value is -3.34. The van der Waals surface area contributed by atoms with E-state index in [9.17, 15) is 9.59 Å². The first-order valence-corrected chi connectivity index (χ1v) is 6.74. The van der Waals surface area contributed by atoms with Crippen LogP contribution in [0, 0.1) is 0 Å². The topological polar surface area (TPSA) is 83.8 Å². The summed E-state index contributed by atoms with van der Waals surface area (Å²) in [6, 6.07) is 16.1. The molecular formula is C18H14O5. The largest absolute Gasteiger partial charge is 0.478 e. The molecule has 2 aromatic rings. The molecule has 0 radical (unpaired) electrons. The third-order valence-corrected chi connectivity index (χ3v) is 2.87. The Morgan fingerprint density at radius 3 is 1.52 bits per heavy atom. The fourth-order valence-electron chi connectivity index (χ4n) is 1.86. The van der Waals surface area contributed by atoms with Gasteiger partial charge in [0.05, 0.1) is 0 Å². The summed E-state index contributed by atoms with van der Waals surface area (Å²) in [7, 11) is 0. The number of benzene rings is 2. The van der Waals surface area contributed by atoms with Gasteiger partial charge < -0.3 is 14.9 Å². The first-order valence-electron chi connectivity index (χ1n) is 6.74. The number of hydrogen-bond donors (Lipinski definition) is 2. The van der Waals surface area contributed by atoms with Gasteiger partial charge in [-0.2, -0.15) is 0 Å². The van der Waals surface area contributed by atoms with Crippen LogP contribution in [0.5, 0.6) is 11.5 Å². The zero-order chi connectivity index (χ0) is 16.7. The zero-order valence-electron chi connectivity index (χ0n) is 12.0. The molecule has 0 amide bonds. The van der Waals surface area contributed by atoms with E-state index in [2.05, 4.69) is 24.3 Å². The number of aliphatic carboxylic acids is 2. The Morgan fingerprint density at radius 1 is 0.739 bits per heavy atom. The van der Waals surface area contributed by atoms with Crippen molar-refractivity contribution in [2.75, 3.05) is 0 Å². The highest BCUT2D eigenvalue weighted by Crippen LogP contribution is 2.33. The Bertz CT molecular complexity index is 711. The van der Waals surface area contributed by atoms with E-state index in [1.165, 1.54) is 0 Å². The maximum absolute atomic E-state index is 9.55. The van der Waals surface area contributed by atoms with Crippen LogP contribution in [0.1, 0.15) is 11.1 Å². The van der Waals surface area contributed by atoms with E-state index in [1.807, 2.05) is 36.4 Å². The van der Waals surface area contributed by atoms with Crippen LogP contribution >= 0.6 is 0 Å². The minimum Gasteiger partial charge on any atom is -0.478 e. The van der Waals surface area contributed by atoms with Gasteiger partial charge in [-0.05, 0) is 12.1 Å². The highest BCUT2D eigenvalue weighted by atomic mass is 16.5. The van der Waals surface area contributed by atoms with Gasteiger partial charge in [0, 0.05) is 23.3 Å². The zero-order valence-corrected chi connectivity index (χ0v) is 12.0. The molecule has 2 aromatic carbocycles. The first-order chi connectivity index (χ1) is 11.1. The Kier molecular flexibility index (Phi) is 5.30. The van der Waals surface area contributed by atoms with Crippen LogP contribution in [0.2, 0.25) is 0 Å². The summed E-state index contributed by atoms with van der Waals surface area (Å²) < 4.78 is 5.84. The number of carboxylic acids is 2. The molecule has 0 atom stereocenters. The third kappa shape index (κ3) is 4.86. The summed E-state index contributed by atoms with van der Waals surface area (Å²) in [6.07, 6.45) is 5.28. The van der Waals surface area contributed by atoms with E-state index < -0.39 is 11.9 Å². The van der Waals surface area contributed by atoms with Crippen LogP contribution in [0.3, 0.4) is 0 Å². The molecule has 0 saturated heterocycles. The third-order valence-electron chi connectivity index (χ3n) is 2.87. The quantitative estimate of drug-likeness (QED) is 0.705. The van der Waals surface area contributed by atoms with Gasteiger partial charge in [0.2, 0.25) is 0 Å². The van der Waals surface area contributed by atoms with Crippen molar-refractivity contribution in [3.63, 3.8) is 0 Å². The summed E-state index contributed by atoms with van der Waals surface area (Å²) >= 11 is 0. The first kappa shape index (κ1) is 16.0. The smallest absolute Gasteiger partial charge is 0.328 e. The van der Waals surface area contributed by atoms with E-state index in [0.29, 0.717) is 12.2 Å². The van der Waals surface area contributed by atoms with Gasteiger partial charge >= 0.3 is 11.9 Å². The van der Waals surface area contributed by atoms with E-state index >= 15 is 0 Å². The lowest BCUT2D eigenvalue weighted by Crippen LogP contribution is -1.91. The average molecular weight is 310 g/mol. The van der Waals surface area contributed by atoms with E-state index in [-0.39, 0.29) is 0 Å². The minimum atomic E-state index is -1.26. The summed E-state index contributed by atoms with van der Waals surface area (Å²) in [5, 5.41) is 15.6. The van der Waals surface area contributed by atoms with Crippen LogP contribution < -0.4 is 4.74 Å². The van der Waals surface area contributed by atoms with E-state index in [4.69, 9.17) is 14.9 Å². The van der Waals surface area contributed by atoms with Crippen molar-refractivity contribution < 1.29 is 24.5 Å². The summed E-state index contributed by atoms with van der Waals surface area (Å²) in [4.78, 5) is 19.1. The highest BCUT2D eigenvalue weighted by molar-refractivity contribution is 5.89. The lowest BCUT2D eigenvalue weighted by molar-refractivity contribution is -0.134. The molecule has 1 aliphatic rings. The van der Waals surface area contributed by atoms with Crippen LogP contribution in [0.25, 0.3) is 12.2 Å². The molecular weight excluding hydrogens is 296 g/mol. The van der Waals surface area contributed by atoms with Crippen LogP contribution in [-0.2, 0) is 9.59 Å². The van der Waals surface area contributed by atoms with Gasteiger partial charge in [-0.25, -0.2) is 9.59 Å². The lowest BCUT2D eigenvalue weighted by Gasteiger charge is -2.07. The normalized spacial score (nSPS) is 11.3. The number of para-hydroxylation sites is 2. The molecule has 5 nitrogen and oxygen atoms in total. The molecule has 2 N–H and O–H groups in total. The molecule has 0 spiro atoms. The number of carboxylic acid groups (broad SMARTS) is 2. The van der Waals surface area contributed by atoms with E-state index in [1.54, 1.807) is 0 Å². The average Bonchev–Trinajstić information content (AvgIpc) is 2.72. The van der Waals surface area contributed by atoms with Gasteiger partial charge in [0.15, 0.2) is 0 Å². The molecule has 0 unspecified atom stereocenters. The molecule has 1 aliphatic heterocycles. The predicted octanol–water partition coefficient (Wildman–Crippen LogP) is 3.67. The van der Waals surface area contributed by atoms with Gasteiger partial charge in [0.1, 0.15) is 11.5 Å². The van der Waals surface area contributed by atoms with Gasteiger partial charge in [-0.3, -0.25) is 0 Å². The number of ether oxygens (including phenoxy) is 1. The fourth-order valence-corrected chi connectivity index (χ4v) is 1.86. The number of carbonyl (C=O) groups is 2. The molecule has 1 heterocycles. The van der Waals surface area contributed by atoms with Crippen molar-refractivity contribution in [2.45, 2.75) is 0 Å². The fraction of sp³-hybridized carbons (Fsp3) is 0. The molecule has 23 heavy (non-hydrogen) atoms. The molecule has 0 fully saturated rings. The predicted molar refractivity (Wildman–Crippen MR) is 86.3 cm³/mol. The maximum atomic E-state index is 9.55. The number of fused-ring (bicyclic) bond motifs is 2. The Balaban J connectivity index is 0.000000207. The molecule has 0 bridgehead atoms. The van der Waals surface area contributed by atoms with Gasteiger partial charge in [0.25, 0.3) is 0 Å². The van der Waals surface area contributed by atoms with Crippen LogP contribution in [0.4, 0.5) is 0 Å². The van der Waals surface area contributed by atoms with Crippen molar-refractivity contribution in [1.29, 1.82) is 0 Å². The lowest BCUT2D eigenvalue weighted by atomic mass is 10.1.